The molecule has 3 aromatic carbocycles. The van der Waals surface area contributed by atoms with E-state index in [4.69, 9.17) is 23.4 Å². The number of nitrogens with zero attached hydrogens (tertiary/aromatic N) is 1. The number of hydrogen-bond donors (Lipinski definition) is 1. The SMILES string of the molecule is CCOc1ccccc1C(=O)OCC(=O)Nc1oc(-c2ccc(OC)cc2)c(-c2ccc(OC)cc2)c1C#N. The molecule has 1 N–H and O–H groups in total. The molecule has 0 aliphatic carbocycles. The minimum absolute atomic E-state index is 0.0649. The molecule has 0 unspecified atom stereocenters. The Hall–Kier alpha value is -5.23. The second kappa shape index (κ2) is 12.3. The van der Waals surface area contributed by atoms with Gasteiger partial charge in [-0.05, 0) is 61.0 Å². The first kappa shape index (κ1) is 26.8. The van der Waals surface area contributed by atoms with Crippen molar-refractivity contribution in [1.29, 1.82) is 5.26 Å². The number of rotatable bonds is 10. The predicted molar refractivity (Wildman–Crippen MR) is 144 cm³/mol. The van der Waals surface area contributed by atoms with Crippen LogP contribution in [0.5, 0.6) is 17.2 Å². The Morgan fingerprint density at radius 3 is 2.10 bits per heavy atom. The highest BCUT2D eigenvalue weighted by atomic mass is 16.5. The summed E-state index contributed by atoms with van der Waals surface area (Å²) >= 11 is 0. The number of nitrogens with one attached hydrogen (secondary N) is 1. The molecule has 4 aromatic rings. The Morgan fingerprint density at radius 1 is 0.897 bits per heavy atom. The molecule has 0 aliphatic heterocycles. The number of methoxy groups -OCH3 is 2. The number of benzene rings is 3. The largest absolute Gasteiger partial charge is 0.497 e. The molecular formula is C30H26N2O7. The second-order valence-electron chi connectivity index (χ2n) is 8.13. The van der Waals surface area contributed by atoms with E-state index in [1.165, 1.54) is 0 Å². The summed E-state index contributed by atoms with van der Waals surface area (Å²) in [7, 11) is 3.13. The van der Waals surface area contributed by atoms with Crippen LogP contribution in [0.3, 0.4) is 0 Å². The van der Waals surface area contributed by atoms with Gasteiger partial charge in [0.1, 0.15) is 40.2 Å². The average molecular weight is 527 g/mol. The fourth-order valence-electron chi connectivity index (χ4n) is 3.89. The summed E-state index contributed by atoms with van der Waals surface area (Å²) in [6, 6.07) is 22.9. The van der Waals surface area contributed by atoms with Crippen LogP contribution in [0.15, 0.2) is 77.2 Å². The molecule has 0 saturated carbocycles. The highest BCUT2D eigenvalue weighted by Crippen LogP contribution is 2.42. The molecule has 0 spiro atoms. The van der Waals surface area contributed by atoms with Crippen molar-refractivity contribution in [2.24, 2.45) is 0 Å². The zero-order chi connectivity index (χ0) is 27.8. The zero-order valence-electron chi connectivity index (χ0n) is 21.6. The lowest BCUT2D eigenvalue weighted by Gasteiger charge is -2.09. The van der Waals surface area contributed by atoms with E-state index in [0.29, 0.717) is 46.3 Å². The third kappa shape index (κ3) is 6.02. The number of nitriles is 1. The number of furan rings is 1. The van der Waals surface area contributed by atoms with E-state index in [0.717, 1.165) is 0 Å². The molecule has 0 aliphatic rings. The van der Waals surface area contributed by atoms with Crippen molar-refractivity contribution in [2.45, 2.75) is 6.92 Å². The van der Waals surface area contributed by atoms with E-state index in [9.17, 15) is 14.9 Å². The van der Waals surface area contributed by atoms with Gasteiger partial charge in [-0.2, -0.15) is 5.26 Å². The smallest absolute Gasteiger partial charge is 0.342 e. The van der Waals surface area contributed by atoms with Crippen LogP contribution in [0, 0.1) is 11.3 Å². The molecular weight excluding hydrogens is 500 g/mol. The molecule has 9 nitrogen and oxygen atoms in total. The molecule has 9 heteroatoms. The van der Waals surface area contributed by atoms with Crippen LogP contribution in [0.25, 0.3) is 22.5 Å². The van der Waals surface area contributed by atoms with Crippen LogP contribution in [0.4, 0.5) is 5.88 Å². The van der Waals surface area contributed by atoms with Crippen LogP contribution in [-0.2, 0) is 9.53 Å². The number of anilines is 1. The molecule has 0 fully saturated rings. The van der Waals surface area contributed by atoms with Gasteiger partial charge in [0.15, 0.2) is 6.61 Å². The maximum absolute atomic E-state index is 12.8. The summed E-state index contributed by atoms with van der Waals surface area (Å²) in [5.41, 5.74) is 2.15. The van der Waals surface area contributed by atoms with Crippen molar-refractivity contribution in [3.63, 3.8) is 0 Å². The quantitative estimate of drug-likeness (QED) is 0.262. The maximum Gasteiger partial charge on any atom is 0.342 e. The first-order chi connectivity index (χ1) is 19.0. The second-order valence-corrected chi connectivity index (χ2v) is 8.13. The maximum atomic E-state index is 12.8. The van der Waals surface area contributed by atoms with E-state index in [2.05, 4.69) is 11.4 Å². The number of amides is 1. The number of para-hydroxylation sites is 1. The van der Waals surface area contributed by atoms with Crippen LogP contribution >= 0.6 is 0 Å². The van der Waals surface area contributed by atoms with Gasteiger partial charge in [0, 0.05) is 11.1 Å². The fraction of sp³-hybridized carbons (Fsp3) is 0.167. The third-order valence-electron chi connectivity index (χ3n) is 5.75. The number of ether oxygens (including phenoxy) is 4. The van der Waals surface area contributed by atoms with Crippen molar-refractivity contribution >= 4 is 17.8 Å². The average Bonchev–Trinajstić information content (AvgIpc) is 3.34. The van der Waals surface area contributed by atoms with Gasteiger partial charge in [-0.25, -0.2) is 4.79 Å². The lowest BCUT2D eigenvalue weighted by atomic mass is 9.98. The molecule has 198 valence electrons. The Labute approximate surface area is 225 Å². The Bertz CT molecular complexity index is 1500. The van der Waals surface area contributed by atoms with E-state index in [1.54, 1.807) is 93.9 Å². The van der Waals surface area contributed by atoms with E-state index in [-0.39, 0.29) is 17.0 Å². The summed E-state index contributed by atoms with van der Waals surface area (Å²) in [5.74, 6) is 0.571. The van der Waals surface area contributed by atoms with Crippen molar-refractivity contribution in [3.05, 3.63) is 83.9 Å². The lowest BCUT2D eigenvalue weighted by Crippen LogP contribution is -2.21. The van der Waals surface area contributed by atoms with Crippen LogP contribution in [0.1, 0.15) is 22.8 Å². The first-order valence-electron chi connectivity index (χ1n) is 12.0. The van der Waals surface area contributed by atoms with Crippen molar-refractivity contribution < 1.29 is 33.0 Å². The van der Waals surface area contributed by atoms with Crippen molar-refractivity contribution in [3.8, 4) is 45.8 Å². The van der Waals surface area contributed by atoms with Gasteiger partial charge in [0.2, 0.25) is 5.88 Å². The minimum atomic E-state index is -0.716. The molecule has 4 rings (SSSR count). The zero-order valence-corrected chi connectivity index (χ0v) is 21.6. The normalized spacial score (nSPS) is 10.3. The number of carbonyl (C=O) groups excluding carboxylic acids is 2. The van der Waals surface area contributed by atoms with Crippen molar-refractivity contribution in [2.75, 3.05) is 32.8 Å². The van der Waals surface area contributed by atoms with Gasteiger partial charge in [-0.3, -0.25) is 10.1 Å². The molecule has 39 heavy (non-hydrogen) atoms. The highest BCUT2D eigenvalue weighted by molar-refractivity contribution is 5.98. The highest BCUT2D eigenvalue weighted by Gasteiger charge is 2.25. The van der Waals surface area contributed by atoms with E-state index >= 15 is 0 Å². The summed E-state index contributed by atoms with van der Waals surface area (Å²) < 4.78 is 27.2. The topological polar surface area (TPSA) is 120 Å². The van der Waals surface area contributed by atoms with E-state index in [1.807, 2.05) is 0 Å². The number of esters is 1. The van der Waals surface area contributed by atoms with Gasteiger partial charge in [-0.1, -0.05) is 24.3 Å². The minimum Gasteiger partial charge on any atom is -0.497 e. The first-order valence-corrected chi connectivity index (χ1v) is 12.0. The third-order valence-corrected chi connectivity index (χ3v) is 5.75. The number of carbonyl (C=O) groups is 2. The van der Waals surface area contributed by atoms with Crippen molar-refractivity contribution in [1.82, 2.24) is 0 Å². The summed E-state index contributed by atoms with van der Waals surface area (Å²) in [5, 5.41) is 12.6. The molecule has 1 heterocycles. The molecule has 1 amide bonds. The monoisotopic (exact) mass is 526 g/mol. The molecule has 0 saturated heterocycles. The fourth-order valence-corrected chi connectivity index (χ4v) is 3.89. The van der Waals surface area contributed by atoms with E-state index < -0.39 is 18.5 Å². The van der Waals surface area contributed by atoms with Gasteiger partial charge in [-0.15, -0.1) is 0 Å². The van der Waals surface area contributed by atoms with Gasteiger partial charge in [0.05, 0.1) is 20.8 Å². The van der Waals surface area contributed by atoms with Gasteiger partial charge in [0.25, 0.3) is 5.91 Å². The molecule has 0 bridgehead atoms. The summed E-state index contributed by atoms with van der Waals surface area (Å²) in [6.45, 7) is 1.57. The summed E-state index contributed by atoms with van der Waals surface area (Å²) in [6.07, 6.45) is 0. The standard InChI is InChI=1S/C30H26N2O7/c1-4-37-25-8-6-5-7-23(25)30(34)38-18-26(33)32-29-24(17-31)27(19-9-13-21(35-2)14-10-19)28(39-29)20-11-15-22(36-3)16-12-20/h5-16H,4,18H2,1-3H3,(H,32,33). The Balaban J connectivity index is 1.62. The Morgan fingerprint density at radius 2 is 1.51 bits per heavy atom. The van der Waals surface area contributed by atoms with Crippen LogP contribution < -0.4 is 19.5 Å². The summed E-state index contributed by atoms with van der Waals surface area (Å²) in [4.78, 5) is 25.3. The van der Waals surface area contributed by atoms with Gasteiger partial charge < -0.3 is 23.4 Å². The van der Waals surface area contributed by atoms with Gasteiger partial charge >= 0.3 is 5.97 Å². The molecule has 0 atom stereocenters. The molecule has 1 aromatic heterocycles. The van der Waals surface area contributed by atoms with Crippen LogP contribution in [-0.4, -0.2) is 39.3 Å². The van der Waals surface area contributed by atoms with Crippen LogP contribution in [0.2, 0.25) is 0 Å². The lowest BCUT2D eigenvalue weighted by molar-refractivity contribution is -0.119. The molecule has 0 radical (unpaired) electrons. The number of hydrogen-bond acceptors (Lipinski definition) is 8. The predicted octanol–water partition coefficient (Wildman–Crippen LogP) is 5.70. The Kier molecular flexibility index (Phi) is 8.49.